The fraction of sp³-hybridized carbons (Fsp3) is 0. The Morgan fingerprint density at radius 3 is 1.00 bits per heavy atom. The molecule has 0 amide bonds. The molecule has 0 aliphatic rings. The topological polar surface area (TPSA) is 99.6 Å². The number of nitrogens with zero attached hydrogens (tertiary/aromatic N) is 2. The molecule has 0 aliphatic carbocycles. The van der Waals surface area contributed by atoms with Gasteiger partial charge < -0.3 is 11.5 Å². The first kappa shape index (κ1) is 16.5. The van der Waals surface area contributed by atoms with Crippen molar-refractivity contribution < 1.29 is 16.5 Å². The predicted octanol–water partition coefficient (Wildman–Crippen LogP) is -1.15. The van der Waals surface area contributed by atoms with Gasteiger partial charge in [-0.05, 0) is 0 Å². The van der Waals surface area contributed by atoms with Crippen LogP contribution in [-0.2, 0) is 16.5 Å². The molecular weight excluding hydrogens is 139 g/mol. The summed E-state index contributed by atoms with van der Waals surface area (Å²) in [6.45, 7) is 0. The molecule has 0 aromatic carbocycles. The Hall–Kier alpha value is -0.926. The standard InChI is InChI=1S/2CH2N2.Ni/c2*2-1-3;/h2*2H2;. The summed E-state index contributed by atoms with van der Waals surface area (Å²) < 4.78 is 0. The van der Waals surface area contributed by atoms with E-state index < -0.39 is 0 Å². The fourth-order valence-corrected chi connectivity index (χ4v) is 0. The Bertz CT molecular complexity index is 64.7. The first-order valence-corrected chi connectivity index (χ1v) is 1.02. The molecule has 0 aromatic heterocycles. The fourth-order valence-electron chi connectivity index (χ4n) is 0. The molecule has 0 heterocycles. The molecule has 0 aromatic rings. The summed E-state index contributed by atoms with van der Waals surface area (Å²) in [4.78, 5) is 0. The molecule has 0 atom stereocenters. The normalized spacial score (nSPS) is 2.00. The van der Waals surface area contributed by atoms with Crippen molar-refractivity contribution in [2.75, 3.05) is 0 Å². The first-order valence-electron chi connectivity index (χ1n) is 1.02. The number of nitrogens with two attached hydrogens (primary N) is 2. The van der Waals surface area contributed by atoms with Crippen molar-refractivity contribution in [3.05, 3.63) is 0 Å². The molecule has 0 fully saturated rings. The largest absolute Gasteiger partial charge is 0.337 e. The second kappa shape index (κ2) is 73.1. The Labute approximate surface area is 51.6 Å². The van der Waals surface area contributed by atoms with E-state index in [0.29, 0.717) is 0 Å². The van der Waals surface area contributed by atoms with E-state index in [9.17, 15) is 0 Å². The predicted molar refractivity (Wildman–Crippen MR) is 19.6 cm³/mol. The number of hydrogen-bond acceptors (Lipinski definition) is 4. The number of rotatable bonds is 0. The van der Waals surface area contributed by atoms with Gasteiger partial charge in [0, 0.05) is 16.5 Å². The van der Waals surface area contributed by atoms with Gasteiger partial charge in [0.25, 0.3) is 0 Å². The zero-order valence-electron chi connectivity index (χ0n) is 3.37. The molecule has 0 unspecified atom stereocenters. The molecule has 4 N–H and O–H groups in total. The van der Waals surface area contributed by atoms with E-state index in [1.54, 1.807) is 0 Å². The molecule has 0 bridgehead atoms. The van der Waals surface area contributed by atoms with E-state index in [-0.39, 0.29) is 16.5 Å². The van der Waals surface area contributed by atoms with Crippen LogP contribution in [0.1, 0.15) is 0 Å². The van der Waals surface area contributed by atoms with E-state index in [0.717, 1.165) is 0 Å². The third kappa shape index (κ3) is 55.8. The van der Waals surface area contributed by atoms with Gasteiger partial charge in [0.1, 0.15) is 0 Å². The molecule has 0 saturated heterocycles. The van der Waals surface area contributed by atoms with Crippen LogP contribution >= 0.6 is 0 Å². The Kier molecular flexibility index (Phi) is 173. The minimum absolute atomic E-state index is 0. The van der Waals surface area contributed by atoms with Gasteiger partial charge in [-0.3, -0.25) is 0 Å². The first-order chi connectivity index (χ1) is 2.83. The summed E-state index contributed by atoms with van der Waals surface area (Å²) in [5.74, 6) is 0. The number of hydrogen-bond donors (Lipinski definition) is 2. The van der Waals surface area contributed by atoms with Gasteiger partial charge in [0.15, 0.2) is 12.4 Å². The van der Waals surface area contributed by atoms with E-state index >= 15 is 0 Å². The minimum atomic E-state index is 0. The average Bonchev–Trinajstić information content (AvgIpc) is 1.39. The minimum Gasteiger partial charge on any atom is -0.337 e. The van der Waals surface area contributed by atoms with Crippen molar-refractivity contribution in [1.29, 1.82) is 10.5 Å². The summed E-state index contributed by atoms with van der Waals surface area (Å²) in [6.07, 6.45) is 2.50. The Balaban J connectivity index is -0.0000000400. The van der Waals surface area contributed by atoms with Crippen molar-refractivity contribution >= 4 is 0 Å². The average molecular weight is 143 g/mol. The van der Waals surface area contributed by atoms with Crippen molar-refractivity contribution in [2.45, 2.75) is 0 Å². The summed E-state index contributed by atoms with van der Waals surface area (Å²) in [5.41, 5.74) is 8.31. The zero-order valence-corrected chi connectivity index (χ0v) is 4.35. The van der Waals surface area contributed by atoms with Crippen LogP contribution in [0.4, 0.5) is 0 Å². The maximum absolute atomic E-state index is 7.10. The van der Waals surface area contributed by atoms with Crippen LogP contribution in [0, 0.1) is 22.9 Å². The van der Waals surface area contributed by atoms with Gasteiger partial charge in [-0.1, -0.05) is 0 Å². The smallest absolute Gasteiger partial charge is 0.173 e. The molecule has 0 aliphatic heterocycles. The molecule has 5 heteroatoms. The SMILES string of the molecule is N#CN.N#CN.[Ni]. The van der Waals surface area contributed by atoms with Gasteiger partial charge in [0.05, 0.1) is 0 Å². The van der Waals surface area contributed by atoms with Crippen molar-refractivity contribution in [1.82, 2.24) is 0 Å². The summed E-state index contributed by atoms with van der Waals surface area (Å²) in [5, 5.41) is 14.2. The maximum Gasteiger partial charge on any atom is 0.173 e. The maximum atomic E-state index is 7.10. The number of nitriles is 2. The molecule has 0 saturated carbocycles. The van der Waals surface area contributed by atoms with Gasteiger partial charge in [-0.2, -0.15) is 10.5 Å². The Morgan fingerprint density at radius 1 is 1.00 bits per heavy atom. The van der Waals surface area contributed by atoms with E-state index in [1.165, 1.54) is 12.4 Å². The summed E-state index contributed by atoms with van der Waals surface area (Å²) in [6, 6.07) is 0. The molecule has 0 rings (SSSR count). The van der Waals surface area contributed by atoms with Gasteiger partial charge in [-0.25, -0.2) is 0 Å². The summed E-state index contributed by atoms with van der Waals surface area (Å²) >= 11 is 0. The second-order valence-corrected chi connectivity index (χ2v) is 0.258. The van der Waals surface area contributed by atoms with Crippen molar-refractivity contribution in [2.24, 2.45) is 11.5 Å². The van der Waals surface area contributed by atoms with Gasteiger partial charge >= 0.3 is 0 Å². The third-order valence-corrected chi connectivity index (χ3v) is 0. The van der Waals surface area contributed by atoms with E-state index in [4.69, 9.17) is 10.5 Å². The van der Waals surface area contributed by atoms with Crippen molar-refractivity contribution in [3.8, 4) is 12.4 Å². The van der Waals surface area contributed by atoms with Crippen LogP contribution in [-0.4, -0.2) is 0 Å². The zero-order chi connectivity index (χ0) is 5.41. The van der Waals surface area contributed by atoms with E-state index in [2.05, 4.69) is 11.5 Å². The van der Waals surface area contributed by atoms with Crippen LogP contribution in [0.3, 0.4) is 0 Å². The van der Waals surface area contributed by atoms with Crippen LogP contribution in [0.2, 0.25) is 0 Å². The van der Waals surface area contributed by atoms with Crippen LogP contribution in [0.5, 0.6) is 0 Å². The summed E-state index contributed by atoms with van der Waals surface area (Å²) in [7, 11) is 0. The third-order valence-electron chi connectivity index (χ3n) is 0. The van der Waals surface area contributed by atoms with Gasteiger partial charge in [0.2, 0.25) is 0 Å². The van der Waals surface area contributed by atoms with Crippen LogP contribution < -0.4 is 11.5 Å². The van der Waals surface area contributed by atoms with Gasteiger partial charge in [-0.15, -0.1) is 0 Å². The van der Waals surface area contributed by atoms with E-state index in [1.807, 2.05) is 0 Å². The molecule has 0 spiro atoms. The quantitative estimate of drug-likeness (QED) is 0.254. The van der Waals surface area contributed by atoms with Crippen LogP contribution in [0.25, 0.3) is 0 Å². The van der Waals surface area contributed by atoms with Crippen molar-refractivity contribution in [3.63, 3.8) is 0 Å². The molecule has 7 heavy (non-hydrogen) atoms. The molecule has 42 valence electrons. The monoisotopic (exact) mass is 142 g/mol. The molecular formula is C2H4N4Ni. The second-order valence-electron chi connectivity index (χ2n) is 0.258. The van der Waals surface area contributed by atoms with Crippen LogP contribution in [0.15, 0.2) is 0 Å². The Morgan fingerprint density at radius 2 is 1.00 bits per heavy atom. The molecule has 0 radical (unpaired) electrons. The molecule has 4 nitrogen and oxygen atoms in total.